The summed E-state index contributed by atoms with van der Waals surface area (Å²) in [5, 5.41) is 8.39. The molecule has 4 amide bonds. The van der Waals surface area contributed by atoms with Crippen LogP contribution in [-0.2, 0) is 27.3 Å². The second-order valence-corrected chi connectivity index (χ2v) is 7.96. The maximum Gasteiger partial charge on any atom is 0.315 e. The molecule has 0 aromatic heterocycles. The highest BCUT2D eigenvalue weighted by molar-refractivity contribution is 5.88. The van der Waals surface area contributed by atoms with Crippen LogP contribution in [0.2, 0.25) is 0 Å². The third-order valence-electron chi connectivity index (χ3n) is 5.49. The van der Waals surface area contributed by atoms with Crippen LogP contribution >= 0.6 is 0 Å². The topological polar surface area (TPSA) is 109 Å². The molecular formula is C25H32N4O5. The van der Waals surface area contributed by atoms with Gasteiger partial charge in [-0.25, -0.2) is 4.79 Å². The number of nitrogens with zero attached hydrogens (tertiary/aromatic N) is 1. The van der Waals surface area contributed by atoms with E-state index in [2.05, 4.69) is 16.0 Å². The zero-order chi connectivity index (χ0) is 24.2. The van der Waals surface area contributed by atoms with Crippen LogP contribution in [0.15, 0.2) is 54.6 Å². The average Bonchev–Trinajstić information content (AvgIpc) is 2.87. The Labute approximate surface area is 199 Å². The van der Waals surface area contributed by atoms with Crippen molar-refractivity contribution in [1.29, 1.82) is 0 Å². The Morgan fingerprint density at radius 2 is 1.82 bits per heavy atom. The molecule has 34 heavy (non-hydrogen) atoms. The van der Waals surface area contributed by atoms with Crippen LogP contribution in [0.5, 0.6) is 5.75 Å². The van der Waals surface area contributed by atoms with E-state index in [1.807, 2.05) is 54.6 Å². The summed E-state index contributed by atoms with van der Waals surface area (Å²) in [6, 6.07) is 15.6. The number of nitrogens with one attached hydrogen (secondary N) is 3. The van der Waals surface area contributed by atoms with E-state index < -0.39 is 12.1 Å². The summed E-state index contributed by atoms with van der Waals surface area (Å²) in [4.78, 5) is 39.7. The molecule has 9 heteroatoms. The highest BCUT2D eigenvalue weighted by Gasteiger charge is 2.27. The van der Waals surface area contributed by atoms with Gasteiger partial charge in [-0.15, -0.1) is 0 Å². The Bertz CT molecular complexity index is 936. The SMILES string of the molecule is COc1ccc(CNC(=O)N[C@H](Cc2ccccc2)C(=O)N2CCOCCNC(=O)CC2)cc1. The van der Waals surface area contributed by atoms with Crippen LogP contribution in [0, 0.1) is 0 Å². The van der Waals surface area contributed by atoms with Crippen molar-refractivity contribution in [2.75, 3.05) is 40.0 Å². The summed E-state index contributed by atoms with van der Waals surface area (Å²) >= 11 is 0. The molecule has 1 aliphatic heterocycles. The Morgan fingerprint density at radius 1 is 1.06 bits per heavy atom. The Morgan fingerprint density at radius 3 is 2.56 bits per heavy atom. The first-order valence-corrected chi connectivity index (χ1v) is 11.4. The van der Waals surface area contributed by atoms with Crippen LogP contribution in [0.4, 0.5) is 4.79 Å². The lowest BCUT2D eigenvalue weighted by molar-refractivity contribution is -0.135. The zero-order valence-corrected chi connectivity index (χ0v) is 19.4. The van der Waals surface area contributed by atoms with Crippen LogP contribution in [0.3, 0.4) is 0 Å². The minimum Gasteiger partial charge on any atom is -0.497 e. The van der Waals surface area contributed by atoms with Gasteiger partial charge in [-0.1, -0.05) is 42.5 Å². The van der Waals surface area contributed by atoms with Crippen molar-refractivity contribution < 1.29 is 23.9 Å². The fourth-order valence-electron chi connectivity index (χ4n) is 3.60. The minimum absolute atomic E-state index is 0.131. The monoisotopic (exact) mass is 468 g/mol. The van der Waals surface area contributed by atoms with Crippen LogP contribution in [0.25, 0.3) is 0 Å². The molecule has 1 heterocycles. The molecule has 0 saturated carbocycles. The molecule has 0 bridgehead atoms. The summed E-state index contributed by atoms with van der Waals surface area (Å²) in [6.45, 7) is 2.14. The average molecular weight is 469 g/mol. The molecule has 0 unspecified atom stereocenters. The molecule has 1 atom stereocenters. The molecule has 1 fully saturated rings. The molecule has 0 aliphatic carbocycles. The van der Waals surface area contributed by atoms with Gasteiger partial charge in [-0.2, -0.15) is 0 Å². The first-order valence-electron chi connectivity index (χ1n) is 11.4. The molecule has 3 N–H and O–H groups in total. The van der Waals surface area contributed by atoms with Crippen LogP contribution in [0.1, 0.15) is 17.5 Å². The van der Waals surface area contributed by atoms with Crippen LogP contribution < -0.4 is 20.7 Å². The second kappa shape index (κ2) is 13.2. The molecule has 0 spiro atoms. The summed E-state index contributed by atoms with van der Waals surface area (Å²) in [6.07, 6.45) is 0.534. The number of hydrogen-bond donors (Lipinski definition) is 3. The minimum atomic E-state index is -0.788. The predicted molar refractivity (Wildman–Crippen MR) is 127 cm³/mol. The molecular weight excluding hydrogens is 436 g/mol. The number of carbonyl (C=O) groups is 3. The second-order valence-electron chi connectivity index (χ2n) is 7.96. The standard InChI is InChI=1S/C25H32N4O5/c1-33-21-9-7-20(8-10-21)18-27-25(32)28-22(17-19-5-3-2-4-6-19)24(31)29-13-11-23(30)26-12-15-34-16-14-29/h2-10,22H,11-18H2,1H3,(H,26,30)(H2,27,28,32)/t22-/m1/s1. The largest absolute Gasteiger partial charge is 0.497 e. The van der Waals surface area contributed by atoms with Gasteiger partial charge in [-0.3, -0.25) is 9.59 Å². The summed E-state index contributed by atoms with van der Waals surface area (Å²) < 4.78 is 10.7. The van der Waals surface area contributed by atoms with Crippen molar-refractivity contribution in [2.24, 2.45) is 0 Å². The van der Waals surface area contributed by atoms with E-state index in [4.69, 9.17) is 9.47 Å². The summed E-state index contributed by atoms with van der Waals surface area (Å²) in [7, 11) is 1.60. The van der Waals surface area contributed by atoms with Gasteiger partial charge < -0.3 is 30.3 Å². The summed E-state index contributed by atoms with van der Waals surface area (Å²) in [5.74, 6) is 0.354. The van der Waals surface area contributed by atoms with Gasteiger partial charge in [0.05, 0.1) is 20.3 Å². The van der Waals surface area contributed by atoms with Gasteiger partial charge in [0, 0.05) is 39.0 Å². The molecule has 9 nitrogen and oxygen atoms in total. The maximum atomic E-state index is 13.4. The fourth-order valence-corrected chi connectivity index (χ4v) is 3.60. The van der Waals surface area contributed by atoms with Gasteiger partial charge in [0.15, 0.2) is 0 Å². The van der Waals surface area contributed by atoms with E-state index in [1.165, 1.54) is 0 Å². The number of hydrogen-bond acceptors (Lipinski definition) is 5. The number of benzene rings is 2. The Balaban J connectivity index is 1.66. The number of urea groups is 1. The lowest BCUT2D eigenvalue weighted by Crippen LogP contribution is -2.53. The number of carbonyl (C=O) groups excluding carboxylic acids is 3. The van der Waals surface area contributed by atoms with Crippen molar-refractivity contribution in [3.8, 4) is 5.75 Å². The van der Waals surface area contributed by atoms with E-state index in [1.54, 1.807) is 12.0 Å². The third kappa shape index (κ3) is 8.08. The van der Waals surface area contributed by atoms with E-state index in [0.29, 0.717) is 39.3 Å². The Kier molecular flexibility index (Phi) is 9.72. The van der Waals surface area contributed by atoms with Gasteiger partial charge >= 0.3 is 6.03 Å². The molecule has 2 aromatic rings. The van der Waals surface area contributed by atoms with Gasteiger partial charge in [-0.05, 0) is 23.3 Å². The van der Waals surface area contributed by atoms with Crippen molar-refractivity contribution in [2.45, 2.75) is 25.4 Å². The molecule has 182 valence electrons. The first-order chi connectivity index (χ1) is 16.5. The van der Waals surface area contributed by atoms with E-state index in [9.17, 15) is 14.4 Å². The quantitative estimate of drug-likeness (QED) is 0.570. The first kappa shape index (κ1) is 25.0. The van der Waals surface area contributed by atoms with Gasteiger partial charge in [0.1, 0.15) is 11.8 Å². The lowest BCUT2D eigenvalue weighted by atomic mass is 10.0. The number of amides is 4. The molecule has 1 saturated heterocycles. The van der Waals surface area contributed by atoms with Crippen molar-refractivity contribution in [3.63, 3.8) is 0 Å². The number of rotatable bonds is 7. The molecule has 3 rings (SSSR count). The van der Waals surface area contributed by atoms with E-state index in [-0.39, 0.29) is 24.8 Å². The molecule has 1 aliphatic rings. The number of methoxy groups -OCH3 is 1. The van der Waals surface area contributed by atoms with Crippen molar-refractivity contribution in [3.05, 3.63) is 65.7 Å². The highest BCUT2D eigenvalue weighted by atomic mass is 16.5. The third-order valence-corrected chi connectivity index (χ3v) is 5.49. The van der Waals surface area contributed by atoms with E-state index in [0.717, 1.165) is 16.9 Å². The van der Waals surface area contributed by atoms with Gasteiger partial charge in [0.25, 0.3) is 0 Å². The van der Waals surface area contributed by atoms with Crippen molar-refractivity contribution >= 4 is 17.8 Å². The lowest BCUT2D eigenvalue weighted by Gasteiger charge is -2.28. The number of ether oxygens (including phenoxy) is 2. The van der Waals surface area contributed by atoms with Crippen molar-refractivity contribution in [1.82, 2.24) is 20.9 Å². The predicted octanol–water partition coefficient (Wildman–Crippen LogP) is 1.47. The Hall–Kier alpha value is -3.59. The molecule has 0 radical (unpaired) electrons. The summed E-state index contributed by atoms with van der Waals surface area (Å²) in [5.41, 5.74) is 1.83. The van der Waals surface area contributed by atoms with Gasteiger partial charge in [0.2, 0.25) is 11.8 Å². The van der Waals surface area contributed by atoms with E-state index >= 15 is 0 Å². The maximum absolute atomic E-state index is 13.4. The zero-order valence-electron chi connectivity index (χ0n) is 19.4. The normalized spacial score (nSPS) is 15.6. The smallest absolute Gasteiger partial charge is 0.315 e. The van der Waals surface area contributed by atoms with Crippen LogP contribution in [-0.4, -0.2) is 68.7 Å². The molecule has 2 aromatic carbocycles. The highest BCUT2D eigenvalue weighted by Crippen LogP contribution is 2.11. The fraction of sp³-hybridized carbons (Fsp3) is 0.400.